The van der Waals surface area contributed by atoms with Gasteiger partial charge in [-0.2, -0.15) is 0 Å². The average molecular weight is 257 g/mol. The van der Waals surface area contributed by atoms with Crippen molar-refractivity contribution < 1.29 is 9.63 Å². The molecule has 1 amide bonds. The van der Waals surface area contributed by atoms with Gasteiger partial charge in [0.15, 0.2) is 0 Å². The third-order valence-corrected chi connectivity index (χ3v) is 5.29. The number of hydroxylamine groups is 1. The van der Waals surface area contributed by atoms with Gasteiger partial charge in [0.2, 0.25) is 5.91 Å². The quantitative estimate of drug-likeness (QED) is 0.842. The highest BCUT2D eigenvalue weighted by atomic mass is 16.6. The first-order chi connectivity index (χ1) is 9.34. The molecular formula is C16H19NO2. The van der Waals surface area contributed by atoms with E-state index < -0.39 is 0 Å². The fraction of sp³-hybridized carbons (Fsp3) is 0.562. The van der Waals surface area contributed by atoms with Gasteiger partial charge in [0.05, 0.1) is 6.61 Å². The summed E-state index contributed by atoms with van der Waals surface area (Å²) in [5, 5.41) is 0. The zero-order chi connectivity index (χ0) is 12.8. The van der Waals surface area contributed by atoms with Crippen LogP contribution in [0.4, 0.5) is 0 Å². The van der Waals surface area contributed by atoms with Gasteiger partial charge in [-0.05, 0) is 48.5 Å². The van der Waals surface area contributed by atoms with Gasteiger partial charge in [0.1, 0.15) is 0 Å². The van der Waals surface area contributed by atoms with Crippen molar-refractivity contribution in [1.29, 1.82) is 0 Å². The minimum atomic E-state index is 0.113. The lowest BCUT2D eigenvalue weighted by molar-refractivity contribution is -0.137. The largest absolute Gasteiger partial charge is 0.272 e. The van der Waals surface area contributed by atoms with Crippen LogP contribution in [-0.2, 0) is 16.2 Å². The predicted octanol–water partition coefficient (Wildman–Crippen LogP) is 2.53. The molecule has 0 heterocycles. The predicted molar refractivity (Wildman–Crippen MR) is 70.7 cm³/mol. The second kappa shape index (κ2) is 4.34. The van der Waals surface area contributed by atoms with Gasteiger partial charge in [0.25, 0.3) is 0 Å². The third-order valence-electron chi connectivity index (χ3n) is 5.29. The highest BCUT2D eigenvalue weighted by Gasteiger charge is 2.67. The zero-order valence-electron chi connectivity index (χ0n) is 10.9. The molecule has 3 heteroatoms. The van der Waals surface area contributed by atoms with E-state index in [2.05, 4.69) is 5.48 Å². The van der Waals surface area contributed by atoms with Gasteiger partial charge in [-0.1, -0.05) is 30.3 Å². The van der Waals surface area contributed by atoms with Crippen molar-refractivity contribution in [2.75, 3.05) is 0 Å². The van der Waals surface area contributed by atoms with E-state index in [4.69, 9.17) is 4.84 Å². The van der Waals surface area contributed by atoms with Crippen molar-refractivity contribution in [1.82, 2.24) is 5.48 Å². The van der Waals surface area contributed by atoms with Crippen molar-refractivity contribution in [2.24, 2.45) is 29.6 Å². The molecular weight excluding hydrogens is 238 g/mol. The molecule has 1 aromatic carbocycles. The fourth-order valence-corrected chi connectivity index (χ4v) is 4.51. The van der Waals surface area contributed by atoms with E-state index in [1.165, 1.54) is 19.3 Å². The summed E-state index contributed by atoms with van der Waals surface area (Å²) in [6, 6.07) is 9.92. The summed E-state index contributed by atoms with van der Waals surface area (Å²) in [6.45, 7) is 0.446. The summed E-state index contributed by atoms with van der Waals surface area (Å²) in [7, 11) is 0. The van der Waals surface area contributed by atoms with Crippen LogP contribution in [0.5, 0.6) is 0 Å². The van der Waals surface area contributed by atoms with Gasteiger partial charge in [-0.25, -0.2) is 5.48 Å². The highest BCUT2D eigenvalue weighted by molar-refractivity contribution is 5.81. The topological polar surface area (TPSA) is 38.3 Å². The molecule has 4 unspecified atom stereocenters. The molecule has 100 valence electrons. The number of hydrogen-bond acceptors (Lipinski definition) is 2. The number of benzene rings is 1. The Morgan fingerprint density at radius 3 is 2.53 bits per heavy atom. The molecule has 2 bridgehead atoms. The Kier molecular flexibility index (Phi) is 2.62. The van der Waals surface area contributed by atoms with Crippen LogP contribution in [0.3, 0.4) is 0 Å². The van der Waals surface area contributed by atoms with Crippen molar-refractivity contribution in [3.63, 3.8) is 0 Å². The standard InChI is InChI=1S/C16H19NO2/c18-16(17-19-9-10-4-2-1-3-5-10)15-13-11-6-7-12(8-11)14(13)15/h1-5,11-15H,6-9H2,(H,17,18). The Morgan fingerprint density at radius 2 is 1.84 bits per heavy atom. The van der Waals surface area contributed by atoms with Crippen LogP contribution >= 0.6 is 0 Å². The van der Waals surface area contributed by atoms with Gasteiger partial charge in [-0.15, -0.1) is 0 Å². The second-order valence-corrected chi connectivity index (χ2v) is 6.25. The molecule has 0 aliphatic heterocycles. The van der Waals surface area contributed by atoms with Gasteiger partial charge in [0, 0.05) is 5.92 Å². The maximum absolute atomic E-state index is 12.1. The lowest BCUT2D eigenvalue weighted by atomic mass is 10.0. The van der Waals surface area contributed by atoms with E-state index in [1.807, 2.05) is 30.3 Å². The van der Waals surface area contributed by atoms with Crippen molar-refractivity contribution in [3.05, 3.63) is 35.9 Å². The number of carbonyl (C=O) groups excluding carboxylic acids is 1. The third kappa shape index (κ3) is 1.88. The Hall–Kier alpha value is -1.35. The van der Waals surface area contributed by atoms with Gasteiger partial charge < -0.3 is 0 Å². The molecule has 19 heavy (non-hydrogen) atoms. The van der Waals surface area contributed by atoms with E-state index in [-0.39, 0.29) is 11.8 Å². The first-order valence-corrected chi connectivity index (χ1v) is 7.30. The Balaban J connectivity index is 1.27. The monoisotopic (exact) mass is 257 g/mol. The zero-order valence-corrected chi connectivity index (χ0v) is 10.9. The van der Waals surface area contributed by atoms with E-state index >= 15 is 0 Å². The van der Waals surface area contributed by atoms with Gasteiger partial charge in [-0.3, -0.25) is 9.63 Å². The molecule has 4 rings (SSSR count). The molecule has 1 aromatic rings. The molecule has 3 fully saturated rings. The Morgan fingerprint density at radius 1 is 1.16 bits per heavy atom. The lowest BCUT2D eigenvalue weighted by Crippen LogP contribution is -2.27. The number of rotatable bonds is 4. The number of carbonyl (C=O) groups is 1. The van der Waals surface area contributed by atoms with Crippen LogP contribution in [0, 0.1) is 29.6 Å². The maximum atomic E-state index is 12.1. The molecule has 0 aromatic heterocycles. The summed E-state index contributed by atoms with van der Waals surface area (Å²) >= 11 is 0. The van der Waals surface area contributed by atoms with Gasteiger partial charge >= 0.3 is 0 Å². The first kappa shape index (κ1) is 11.5. The van der Waals surface area contributed by atoms with Crippen LogP contribution < -0.4 is 5.48 Å². The summed E-state index contributed by atoms with van der Waals surface area (Å²) in [5.74, 6) is 3.39. The molecule has 3 aliphatic carbocycles. The summed E-state index contributed by atoms with van der Waals surface area (Å²) < 4.78 is 0. The summed E-state index contributed by atoms with van der Waals surface area (Å²) in [6.07, 6.45) is 4.07. The maximum Gasteiger partial charge on any atom is 0.247 e. The first-order valence-electron chi connectivity index (χ1n) is 7.30. The van der Waals surface area contributed by atoms with Crippen LogP contribution in [-0.4, -0.2) is 5.91 Å². The molecule has 0 saturated heterocycles. The molecule has 0 radical (unpaired) electrons. The van der Waals surface area contributed by atoms with Crippen LogP contribution in [0.25, 0.3) is 0 Å². The second-order valence-electron chi connectivity index (χ2n) is 6.25. The van der Waals surface area contributed by atoms with E-state index in [0.717, 1.165) is 17.4 Å². The number of hydrogen-bond donors (Lipinski definition) is 1. The number of nitrogens with one attached hydrogen (secondary N) is 1. The molecule has 3 nitrogen and oxygen atoms in total. The van der Waals surface area contributed by atoms with Crippen LogP contribution in [0.1, 0.15) is 24.8 Å². The summed E-state index contributed by atoms with van der Waals surface area (Å²) in [5.41, 5.74) is 3.73. The average Bonchev–Trinajstić information content (AvgIpc) is 2.89. The molecule has 3 aliphatic rings. The SMILES string of the molecule is O=C(NOCc1ccccc1)C1C2C3CCC(C3)C12. The highest BCUT2D eigenvalue weighted by Crippen LogP contribution is 2.69. The van der Waals surface area contributed by atoms with Crippen molar-refractivity contribution >= 4 is 5.91 Å². The van der Waals surface area contributed by atoms with Crippen LogP contribution in [0.15, 0.2) is 30.3 Å². The summed E-state index contributed by atoms with van der Waals surface area (Å²) in [4.78, 5) is 17.4. The van der Waals surface area contributed by atoms with Crippen molar-refractivity contribution in [3.8, 4) is 0 Å². The molecule has 4 atom stereocenters. The van der Waals surface area contributed by atoms with E-state index in [9.17, 15) is 4.79 Å². The van der Waals surface area contributed by atoms with Crippen LogP contribution in [0.2, 0.25) is 0 Å². The number of fused-ring (bicyclic) bond motifs is 5. The number of amides is 1. The lowest BCUT2D eigenvalue weighted by Gasteiger charge is -2.09. The smallest absolute Gasteiger partial charge is 0.247 e. The fourth-order valence-electron chi connectivity index (χ4n) is 4.51. The normalized spacial score (nSPS) is 38.0. The minimum Gasteiger partial charge on any atom is -0.272 e. The Labute approximate surface area is 113 Å². The van der Waals surface area contributed by atoms with E-state index in [1.54, 1.807) is 0 Å². The van der Waals surface area contributed by atoms with E-state index in [0.29, 0.717) is 18.4 Å². The van der Waals surface area contributed by atoms with Crippen molar-refractivity contribution in [2.45, 2.75) is 25.9 Å². The minimum absolute atomic E-state index is 0.113. The Bertz CT molecular complexity index is 471. The molecule has 1 N–H and O–H groups in total. The molecule has 0 spiro atoms. The molecule has 3 saturated carbocycles.